The number of aromatic nitrogens is 2. The molecule has 1 aromatic heterocycles. The standard InChI is InChI=1S/C14H16F2N4/c1-8-5-12(9(2)20-19-8)14(18-17)6-10-3-4-11(15)7-13(10)16/h3-5,7,14,18H,6,17H2,1-2H3. The zero-order valence-corrected chi connectivity index (χ0v) is 11.3. The number of hydrogen-bond donors (Lipinski definition) is 2. The van der Waals surface area contributed by atoms with Gasteiger partial charge in [-0.2, -0.15) is 10.2 Å². The van der Waals surface area contributed by atoms with Crippen LogP contribution in [0.3, 0.4) is 0 Å². The molecule has 4 nitrogen and oxygen atoms in total. The van der Waals surface area contributed by atoms with E-state index in [2.05, 4.69) is 15.6 Å². The average Bonchev–Trinajstić information content (AvgIpc) is 2.41. The average molecular weight is 278 g/mol. The van der Waals surface area contributed by atoms with Gasteiger partial charge in [0.2, 0.25) is 0 Å². The number of hydrogen-bond acceptors (Lipinski definition) is 4. The first kappa shape index (κ1) is 14.5. The summed E-state index contributed by atoms with van der Waals surface area (Å²) in [4.78, 5) is 0. The summed E-state index contributed by atoms with van der Waals surface area (Å²) in [6.07, 6.45) is 0.300. The quantitative estimate of drug-likeness (QED) is 0.664. The molecule has 3 N–H and O–H groups in total. The van der Waals surface area contributed by atoms with Crippen molar-refractivity contribution in [1.82, 2.24) is 15.6 Å². The van der Waals surface area contributed by atoms with Crippen molar-refractivity contribution < 1.29 is 8.78 Å². The predicted octanol–water partition coefficient (Wildman–Crippen LogP) is 2.12. The van der Waals surface area contributed by atoms with Gasteiger partial charge in [0.05, 0.1) is 17.4 Å². The van der Waals surface area contributed by atoms with Gasteiger partial charge in [-0.15, -0.1) is 0 Å². The van der Waals surface area contributed by atoms with Crippen LogP contribution in [0.1, 0.15) is 28.6 Å². The Kier molecular flexibility index (Phi) is 4.36. The molecule has 1 heterocycles. The Hall–Kier alpha value is -1.92. The minimum atomic E-state index is -0.596. The summed E-state index contributed by atoms with van der Waals surface area (Å²) in [7, 11) is 0. The van der Waals surface area contributed by atoms with Crippen LogP contribution in [0.15, 0.2) is 24.3 Å². The van der Waals surface area contributed by atoms with Crippen molar-refractivity contribution in [1.29, 1.82) is 0 Å². The van der Waals surface area contributed by atoms with Crippen molar-refractivity contribution in [3.63, 3.8) is 0 Å². The molecule has 20 heavy (non-hydrogen) atoms. The molecule has 6 heteroatoms. The Balaban J connectivity index is 2.31. The molecule has 2 rings (SSSR count). The molecular formula is C14H16F2N4. The van der Waals surface area contributed by atoms with Gasteiger partial charge in [-0.1, -0.05) is 6.07 Å². The number of hydrazine groups is 1. The topological polar surface area (TPSA) is 63.8 Å². The second kappa shape index (κ2) is 6.02. The molecule has 0 amide bonds. The maximum atomic E-state index is 13.7. The minimum Gasteiger partial charge on any atom is -0.271 e. The van der Waals surface area contributed by atoms with E-state index in [-0.39, 0.29) is 6.04 Å². The lowest BCUT2D eigenvalue weighted by Gasteiger charge is -2.18. The van der Waals surface area contributed by atoms with Gasteiger partial charge in [-0.3, -0.25) is 11.3 Å². The van der Waals surface area contributed by atoms with Crippen molar-refractivity contribution in [2.24, 2.45) is 5.84 Å². The lowest BCUT2D eigenvalue weighted by molar-refractivity contribution is 0.517. The molecular weight excluding hydrogens is 262 g/mol. The Labute approximate surface area is 116 Å². The van der Waals surface area contributed by atoms with Gasteiger partial charge in [0.1, 0.15) is 11.6 Å². The molecule has 1 atom stereocenters. The van der Waals surface area contributed by atoms with Crippen LogP contribution in [0.2, 0.25) is 0 Å². The molecule has 0 saturated heterocycles. The molecule has 1 unspecified atom stereocenters. The summed E-state index contributed by atoms with van der Waals surface area (Å²) in [6.45, 7) is 3.63. The number of aryl methyl sites for hydroxylation is 2. The molecule has 0 bridgehead atoms. The number of nitrogens with zero attached hydrogens (tertiary/aromatic N) is 2. The number of rotatable bonds is 4. The van der Waals surface area contributed by atoms with Crippen molar-refractivity contribution >= 4 is 0 Å². The van der Waals surface area contributed by atoms with Crippen molar-refractivity contribution in [3.05, 3.63) is 58.4 Å². The van der Waals surface area contributed by atoms with E-state index in [9.17, 15) is 8.78 Å². The van der Waals surface area contributed by atoms with Crippen LogP contribution in [-0.4, -0.2) is 10.2 Å². The van der Waals surface area contributed by atoms with Gasteiger partial charge in [0.25, 0.3) is 0 Å². The van der Waals surface area contributed by atoms with Crippen LogP contribution in [0.4, 0.5) is 8.78 Å². The Morgan fingerprint density at radius 2 is 1.95 bits per heavy atom. The summed E-state index contributed by atoms with van der Waals surface area (Å²) in [5, 5.41) is 7.98. The van der Waals surface area contributed by atoms with Crippen LogP contribution in [0, 0.1) is 25.5 Å². The van der Waals surface area contributed by atoms with Crippen LogP contribution in [-0.2, 0) is 6.42 Å². The molecule has 0 spiro atoms. The van der Waals surface area contributed by atoms with Crippen molar-refractivity contribution in [2.75, 3.05) is 0 Å². The maximum absolute atomic E-state index is 13.7. The van der Waals surface area contributed by atoms with Gasteiger partial charge >= 0.3 is 0 Å². The SMILES string of the molecule is Cc1cc(C(Cc2ccc(F)cc2F)NN)c(C)nn1. The third-order valence-electron chi connectivity index (χ3n) is 3.16. The minimum absolute atomic E-state index is 0.300. The normalized spacial score (nSPS) is 12.4. The van der Waals surface area contributed by atoms with E-state index >= 15 is 0 Å². The van der Waals surface area contributed by atoms with E-state index in [1.165, 1.54) is 12.1 Å². The number of halogens is 2. The molecule has 0 radical (unpaired) electrons. The second-order valence-corrected chi connectivity index (χ2v) is 4.69. The molecule has 0 aliphatic rings. The smallest absolute Gasteiger partial charge is 0.129 e. The van der Waals surface area contributed by atoms with Gasteiger partial charge in [0.15, 0.2) is 0 Å². The first-order chi connectivity index (χ1) is 9.51. The third-order valence-corrected chi connectivity index (χ3v) is 3.16. The molecule has 2 aromatic rings. The summed E-state index contributed by atoms with van der Waals surface area (Å²) >= 11 is 0. The molecule has 0 saturated carbocycles. The van der Waals surface area contributed by atoms with E-state index in [0.717, 1.165) is 23.0 Å². The largest absolute Gasteiger partial charge is 0.271 e. The zero-order valence-electron chi connectivity index (χ0n) is 11.3. The molecule has 0 aliphatic heterocycles. The summed E-state index contributed by atoms with van der Waals surface area (Å²) < 4.78 is 26.6. The predicted molar refractivity (Wildman–Crippen MR) is 71.6 cm³/mol. The van der Waals surface area contributed by atoms with E-state index in [0.29, 0.717) is 12.0 Å². The summed E-state index contributed by atoms with van der Waals surface area (Å²) in [6, 6.07) is 5.06. The van der Waals surface area contributed by atoms with Crippen LogP contribution < -0.4 is 11.3 Å². The van der Waals surface area contributed by atoms with Crippen LogP contribution in [0.5, 0.6) is 0 Å². The van der Waals surface area contributed by atoms with Crippen molar-refractivity contribution in [3.8, 4) is 0 Å². The van der Waals surface area contributed by atoms with Gasteiger partial charge < -0.3 is 0 Å². The fourth-order valence-electron chi connectivity index (χ4n) is 2.09. The lowest BCUT2D eigenvalue weighted by Crippen LogP contribution is -2.30. The highest BCUT2D eigenvalue weighted by Crippen LogP contribution is 2.22. The van der Waals surface area contributed by atoms with Crippen molar-refractivity contribution in [2.45, 2.75) is 26.3 Å². The van der Waals surface area contributed by atoms with Gasteiger partial charge in [-0.25, -0.2) is 8.78 Å². The number of benzene rings is 1. The number of nitrogens with one attached hydrogen (secondary N) is 1. The highest BCUT2D eigenvalue weighted by atomic mass is 19.1. The highest BCUT2D eigenvalue weighted by Gasteiger charge is 2.17. The first-order valence-electron chi connectivity index (χ1n) is 6.22. The van der Waals surface area contributed by atoms with E-state index < -0.39 is 11.6 Å². The summed E-state index contributed by atoms with van der Waals surface area (Å²) in [5.74, 6) is 4.38. The monoisotopic (exact) mass is 278 g/mol. The van der Waals surface area contributed by atoms with E-state index in [4.69, 9.17) is 5.84 Å². The van der Waals surface area contributed by atoms with E-state index in [1.54, 1.807) is 0 Å². The van der Waals surface area contributed by atoms with Crippen LogP contribution >= 0.6 is 0 Å². The Morgan fingerprint density at radius 3 is 2.60 bits per heavy atom. The maximum Gasteiger partial charge on any atom is 0.129 e. The van der Waals surface area contributed by atoms with Gasteiger partial charge in [0, 0.05) is 6.07 Å². The first-order valence-corrected chi connectivity index (χ1v) is 6.22. The molecule has 0 fully saturated rings. The van der Waals surface area contributed by atoms with E-state index in [1.807, 2.05) is 19.9 Å². The summed E-state index contributed by atoms with van der Waals surface area (Å²) in [5.41, 5.74) is 5.37. The molecule has 1 aromatic carbocycles. The molecule has 0 aliphatic carbocycles. The number of nitrogens with two attached hydrogens (primary N) is 1. The fraction of sp³-hybridized carbons (Fsp3) is 0.286. The van der Waals surface area contributed by atoms with Crippen LogP contribution in [0.25, 0.3) is 0 Å². The zero-order chi connectivity index (χ0) is 14.7. The molecule has 106 valence electrons. The third kappa shape index (κ3) is 3.15. The fourth-order valence-corrected chi connectivity index (χ4v) is 2.09. The second-order valence-electron chi connectivity index (χ2n) is 4.69. The Bertz CT molecular complexity index is 616. The lowest BCUT2D eigenvalue weighted by atomic mass is 9.98. The Morgan fingerprint density at radius 1 is 1.20 bits per heavy atom. The van der Waals surface area contributed by atoms with Gasteiger partial charge in [-0.05, 0) is 43.5 Å². The highest BCUT2D eigenvalue weighted by molar-refractivity contribution is 5.27.